The average Bonchev–Trinajstić information content (AvgIpc) is 2.45. The predicted molar refractivity (Wildman–Crippen MR) is 56.4 cm³/mol. The number of halogens is 1. The minimum absolute atomic E-state index is 0.678. The number of rotatable bonds is 1. The third-order valence-corrected chi connectivity index (χ3v) is 2.23. The SMILES string of the molecule is Cc1nc(C)c(-c2cccc(Cl)c2)o1. The minimum atomic E-state index is 0.678. The van der Waals surface area contributed by atoms with Gasteiger partial charge in [0.25, 0.3) is 0 Å². The third-order valence-electron chi connectivity index (χ3n) is 1.99. The van der Waals surface area contributed by atoms with E-state index in [-0.39, 0.29) is 0 Å². The van der Waals surface area contributed by atoms with Crippen LogP contribution in [0.3, 0.4) is 0 Å². The maximum Gasteiger partial charge on any atom is 0.192 e. The van der Waals surface area contributed by atoms with Crippen LogP contribution in [0.1, 0.15) is 11.6 Å². The van der Waals surface area contributed by atoms with E-state index < -0.39 is 0 Å². The monoisotopic (exact) mass is 207 g/mol. The fourth-order valence-corrected chi connectivity index (χ4v) is 1.62. The fourth-order valence-electron chi connectivity index (χ4n) is 1.43. The Morgan fingerprint density at radius 1 is 1.29 bits per heavy atom. The second kappa shape index (κ2) is 3.46. The molecule has 0 aliphatic rings. The van der Waals surface area contributed by atoms with Crippen LogP contribution in [-0.4, -0.2) is 4.98 Å². The first-order valence-electron chi connectivity index (χ1n) is 4.37. The summed E-state index contributed by atoms with van der Waals surface area (Å²) in [5.74, 6) is 1.47. The van der Waals surface area contributed by atoms with E-state index in [1.165, 1.54) is 0 Å². The summed E-state index contributed by atoms with van der Waals surface area (Å²) in [5, 5.41) is 0.705. The first-order valence-corrected chi connectivity index (χ1v) is 4.74. The van der Waals surface area contributed by atoms with E-state index in [0.29, 0.717) is 10.9 Å². The Morgan fingerprint density at radius 3 is 2.64 bits per heavy atom. The van der Waals surface area contributed by atoms with Crippen molar-refractivity contribution in [1.29, 1.82) is 0 Å². The number of hydrogen-bond acceptors (Lipinski definition) is 2. The Kier molecular flexibility index (Phi) is 2.30. The van der Waals surface area contributed by atoms with Crippen LogP contribution in [0.15, 0.2) is 28.7 Å². The molecule has 3 heteroatoms. The van der Waals surface area contributed by atoms with Crippen molar-refractivity contribution < 1.29 is 4.42 Å². The number of benzene rings is 1. The molecule has 0 fully saturated rings. The van der Waals surface area contributed by atoms with E-state index in [9.17, 15) is 0 Å². The van der Waals surface area contributed by atoms with E-state index in [1.807, 2.05) is 38.1 Å². The summed E-state index contributed by atoms with van der Waals surface area (Å²) in [5.41, 5.74) is 1.86. The maximum absolute atomic E-state index is 5.89. The van der Waals surface area contributed by atoms with Crippen molar-refractivity contribution in [3.8, 4) is 11.3 Å². The topological polar surface area (TPSA) is 26.0 Å². The fraction of sp³-hybridized carbons (Fsp3) is 0.182. The first kappa shape index (κ1) is 9.28. The lowest BCUT2D eigenvalue weighted by Gasteiger charge is -1.97. The number of aryl methyl sites for hydroxylation is 2. The molecule has 0 aliphatic heterocycles. The van der Waals surface area contributed by atoms with Crippen LogP contribution in [0.4, 0.5) is 0 Å². The van der Waals surface area contributed by atoms with Crippen LogP contribution < -0.4 is 0 Å². The lowest BCUT2D eigenvalue weighted by Crippen LogP contribution is -1.78. The standard InChI is InChI=1S/C11H10ClNO/c1-7-11(14-8(2)13-7)9-4-3-5-10(12)6-9/h3-6H,1-2H3. The van der Waals surface area contributed by atoms with Crippen LogP contribution >= 0.6 is 11.6 Å². The summed E-state index contributed by atoms with van der Waals surface area (Å²) in [7, 11) is 0. The highest BCUT2D eigenvalue weighted by Gasteiger charge is 2.08. The van der Waals surface area contributed by atoms with Gasteiger partial charge in [0.2, 0.25) is 0 Å². The second-order valence-electron chi connectivity index (χ2n) is 3.16. The molecule has 2 nitrogen and oxygen atoms in total. The minimum Gasteiger partial charge on any atom is -0.441 e. The normalized spacial score (nSPS) is 10.5. The van der Waals surface area contributed by atoms with Crippen molar-refractivity contribution in [3.05, 3.63) is 40.9 Å². The highest BCUT2D eigenvalue weighted by molar-refractivity contribution is 6.30. The van der Waals surface area contributed by atoms with Gasteiger partial charge in [-0.1, -0.05) is 23.7 Å². The van der Waals surface area contributed by atoms with E-state index in [4.69, 9.17) is 16.0 Å². The molecular formula is C11H10ClNO. The van der Waals surface area contributed by atoms with Crippen LogP contribution in [0.5, 0.6) is 0 Å². The molecule has 2 rings (SSSR count). The molecule has 2 aromatic rings. The van der Waals surface area contributed by atoms with Gasteiger partial charge >= 0.3 is 0 Å². The quantitative estimate of drug-likeness (QED) is 0.714. The highest BCUT2D eigenvalue weighted by atomic mass is 35.5. The predicted octanol–water partition coefficient (Wildman–Crippen LogP) is 3.61. The smallest absolute Gasteiger partial charge is 0.192 e. The molecule has 72 valence electrons. The highest BCUT2D eigenvalue weighted by Crippen LogP contribution is 2.26. The van der Waals surface area contributed by atoms with Gasteiger partial charge in [-0.05, 0) is 19.1 Å². The maximum atomic E-state index is 5.89. The second-order valence-corrected chi connectivity index (χ2v) is 3.59. The van der Waals surface area contributed by atoms with Gasteiger partial charge in [-0.3, -0.25) is 0 Å². The van der Waals surface area contributed by atoms with Gasteiger partial charge < -0.3 is 4.42 Å². The molecule has 0 atom stereocenters. The molecule has 0 N–H and O–H groups in total. The van der Waals surface area contributed by atoms with Crippen molar-refractivity contribution in [3.63, 3.8) is 0 Å². The summed E-state index contributed by atoms with van der Waals surface area (Å²) in [6.07, 6.45) is 0. The van der Waals surface area contributed by atoms with Crippen molar-refractivity contribution in [2.24, 2.45) is 0 Å². The van der Waals surface area contributed by atoms with Crippen molar-refractivity contribution in [1.82, 2.24) is 4.98 Å². The summed E-state index contributed by atoms with van der Waals surface area (Å²) >= 11 is 5.89. The van der Waals surface area contributed by atoms with Gasteiger partial charge in [-0.25, -0.2) is 4.98 Å². The average molecular weight is 208 g/mol. The van der Waals surface area contributed by atoms with E-state index in [1.54, 1.807) is 0 Å². The van der Waals surface area contributed by atoms with Crippen LogP contribution in [-0.2, 0) is 0 Å². The summed E-state index contributed by atoms with van der Waals surface area (Å²) in [6.45, 7) is 3.76. The van der Waals surface area contributed by atoms with E-state index in [0.717, 1.165) is 17.0 Å². The van der Waals surface area contributed by atoms with Gasteiger partial charge in [0.1, 0.15) is 0 Å². The molecule has 14 heavy (non-hydrogen) atoms. The molecule has 0 aliphatic carbocycles. The largest absolute Gasteiger partial charge is 0.441 e. The molecule has 0 saturated carbocycles. The van der Waals surface area contributed by atoms with Crippen LogP contribution in [0.25, 0.3) is 11.3 Å². The van der Waals surface area contributed by atoms with Gasteiger partial charge in [-0.15, -0.1) is 0 Å². The molecule has 1 aromatic carbocycles. The number of nitrogens with zero attached hydrogens (tertiary/aromatic N) is 1. The van der Waals surface area contributed by atoms with E-state index >= 15 is 0 Å². The van der Waals surface area contributed by atoms with Gasteiger partial charge in [0, 0.05) is 17.5 Å². The zero-order valence-electron chi connectivity index (χ0n) is 8.04. The number of oxazole rings is 1. The van der Waals surface area contributed by atoms with Crippen LogP contribution in [0.2, 0.25) is 5.02 Å². The number of aromatic nitrogens is 1. The molecule has 0 bridgehead atoms. The Morgan fingerprint density at radius 2 is 2.07 bits per heavy atom. The lowest BCUT2D eigenvalue weighted by atomic mass is 10.1. The van der Waals surface area contributed by atoms with Crippen LogP contribution in [0, 0.1) is 13.8 Å². The molecule has 0 radical (unpaired) electrons. The Hall–Kier alpha value is -1.28. The van der Waals surface area contributed by atoms with Crippen molar-refractivity contribution >= 4 is 11.6 Å². The molecule has 0 spiro atoms. The Labute approximate surface area is 87.5 Å². The van der Waals surface area contributed by atoms with Gasteiger partial charge in [0.05, 0.1) is 5.69 Å². The zero-order valence-corrected chi connectivity index (χ0v) is 8.80. The molecule has 0 unspecified atom stereocenters. The molecule has 1 aromatic heterocycles. The first-order chi connectivity index (χ1) is 6.66. The summed E-state index contributed by atoms with van der Waals surface area (Å²) < 4.78 is 5.49. The molecular weight excluding hydrogens is 198 g/mol. The molecule has 0 amide bonds. The lowest BCUT2D eigenvalue weighted by molar-refractivity contribution is 0.534. The Bertz CT molecular complexity index is 462. The molecule has 1 heterocycles. The zero-order chi connectivity index (χ0) is 10.1. The van der Waals surface area contributed by atoms with Gasteiger partial charge in [0.15, 0.2) is 11.7 Å². The van der Waals surface area contributed by atoms with Crippen molar-refractivity contribution in [2.45, 2.75) is 13.8 Å². The van der Waals surface area contributed by atoms with Crippen molar-refractivity contribution in [2.75, 3.05) is 0 Å². The molecule has 0 saturated heterocycles. The summed E-state index contributed by atoms with van der Waals surface area (Å²) in [6, 6.07) is 7.56. The third kappa shape index (κ3) is 1.66. The Balaban J connectivity index is 2.54. The van der Waals surface area contributed by atoms with Gasteiger partial charge in [-0.2, -0.15) is 0 Å². The van der Waals surface area contributed by atoms with E-state index in [2.05, 4.69) is 4.98 Å². The summed E-state index contributed by atoms with van der Waals surface area (Å²) in [4.78, 5) is 4.21. The number of hydrogen-bond donors (Lipinski definition) is 0.